The van der Waals surface area contributed by atoms with Crippen LogP contribution in [0.1, 0.15) is 43.1 Å². The predicted molar refractivity (Wildman–Crippen MR) is 97.2 cm³/mol. The van der Waals surface area contributed by atoms with E-state index in [-0.39, 0.29) is 29.6 Å². The molecule has 7 nitrogen and oxygen atoms in total. The van der Waals surface area contributed by atoms with Crippen molar-refractivity contribution in [2.24, 2.45) is 0 Å². The molecule has 0 atom stereocenters. The van der Waals surface area contributed by atoms with E-state index in [0.29, 0.717) is 19.4 Å². The van der Waals surface area contributed by atoms with Gasteiger partial charge in [0.25, 0.3) is 0 Å². The molecule has 1 fully saturated rings. The van der Waals surface area contributed by atoms with Crippen LogP contribution in [0.5, 0.6) is 0 Å². The second kappa shape index (κ2) is 8.66. The number of esters is 1. The molecule has 1 heterocycles. The van der Waals surface area contributed by atoms with Crippen LogP contribution in [-0.2, 0) is 4.74 Å². The summed E-state index contributed by atoms with van der Waals surface area (Å²) in [5.74, 6) is -0.941. The number of urea groups is 1. The Kier molecular flexibility index (Phi) is 6.05. The number of aromatic nitrogens is 2. The molecule has 1 aliphatic rings. The summed E-state index contributed by atoms with van der Waals surface area (Å²) in [7, 11) is 0. The molecule has 1 aromatic carbocycles. The first-order valence-corrected chi connectivity index (χ1v) is 9.12. The van der Waals surface area contributed by atoms with E-state index in [9.17, 15) is 14.0 Å². The molecule has 27 heavy (non-hydrogen) atoms. The zero-order chi connectivity index (χ0) is 19.2. The number of ether oxygens (including phenoxy) is 1. The van der Waals surface area contributed by atoms with E-state index in [0.717, 1.165) is 12.8 Å². The highest BCUT2D eigenvalue weighted by molar-refractivity contribution is 5.87. The van der Waals surface area contributed by atoms with Gasteiger partial charge in [-0.1, -0.05) is 12.1 Å². The maximum Gasteiger partial charge on any atom is 0.359 e. The number of nitrogens with zero attached hydrogens (tertiary/aromatic N) is 2. The first-order chi connectivity index (χ1) is 13.1. The minimum atomic E-state index is -0.523. The van der Waals surface area contributed by atoms with Crippen LogP contribution in [0.25, 0.3) is 5.69 Å². The van der Waals surface area contributed by atoms with E-state index in [2.05, 4.69) is 15.7 Å². The third kappa shape index (κ3) is 4.84. The van der Waals surface area contributed by atoms with Crippen LogP contribution >= 0.6 is 0 Å². The standard InChI is InChI=1S/C19H23FN4O3/c1-2-21-19(26)22-13-7-9-14(10-8-13)27-18(25)16-11-12-24(23-16)17-6-4-3-5-15(17)20/h3-6,11-14H,2,7-10H2,1H3,(H2,21,22,26). The zero-order valence-corrected chi connectivity index (χ0v) is 15.2. The second-order valence-electron chi connectivity index (χ2n) is 6.48. The molecule has 0 aliphatic heterocycles. The largest absolute Gasteiger partial charge is 0.458 e. The fourth-order valence-electron chi connectivity index (χ4n) is 3.14. The first-order valence-electron chi connectivity index (χ1n) is 9.12. The Morgan fingerprint density at radius 3 is 2.67 bits per heavy atom. The molecule has 0 bridgehead atoms. The van der Waals surface area contributed by atoms with Gasteiger partial charge in [-0.25, -0.2) is 18.7 Å². The first kappa shape index (κ1) is 18.9. The number of carbonyl (C=O) groups excluding carboxylic acids is 2. The summed E-state index contributed by atoms with van der Waals surface area (Å²) in [5, 5.41) is 9.73. The normalized spacial score (nSPS) is 19.3. The highest BCUT2D eigenvalue weighted by Gasteiger charge is 2.26. The minimum absolute atomic E-state index is 0.0896. The van der Waals surface area contributed by atoms with Gasteiger partial charge in [-0.2, -0.15) is 5.10 Å². The van der Waals surface area contributed by atoms with Crippen LogP contribution in [-0.4, -0.2) is 40.5 Å². The van der Waals surface area contributed by atoms with E-state index in [4.69, 9.17) is 4.74 Å². The lowest BCUT2D eigenvalue weighted by atomic mass is 9.93. The Morgan fingerprint density at radius 1 is 1.22 bits per heavy atom. The van der Waals surface area contributed by atoms with Gasteiger partial charge in [0.2, 0.25) is 0 Å². The van der Waals surface area contributed by atoms with Crippen molar-refractivity contribution >= 4 is 12.0 Å². The third-order valence-corrected chi connectivity index (χ3v) is 4.52. The number of hydrogen-bond donors (Lipinski definition) is 2. The lowest BCUT2D eigenvalue weighted by molar-refractivity contribution is 0.0181. The smallest absolute Gasteiger partial charge is 0.359 e. The highest BCUT2D eigenvalue weighted by Crippen LogP contribution is 2.22. The maximum atomic E-state index is 13.8. The average Bonchev–Trinajstić information content (AvgIpc) is 3.14. The van der Waals surface area contributed by atoms with Crippen molar-refractivity contribution in [2.75, 3.05) is 6.54 Å². The van der Waals surface area contributed by atoms with Crippen LogP contribution in [0, 0.1) is 5.82 Å². The minimum Gasteiger partial charge on any atom is -0.458 e. The van der Waals surface area contributed by atoms with Crippen molar-refractivity contribution in [3.8, 4) is 5.69 Å². The summed E-state index contributed by atoms with van der Waals surface area (Å²) in [5.41, 5.74) is 0.411. The van der Waals surface area contributed by atoms with Crippen molar-refractivity contribution in [3.05, 3.63) is 48.0 Å². The third-order valence-electron chi connectivity index (χ3n) is 4.52. The molecule has 0 spiro atoms. The van der Waals surface area contributed by atoms with Crippen molar-refractivity contribution in [3.63, 3.8) is 0 Å². The molecule has 1 saturated carbocycles. The molecular weight excluding hydrogens is 351 g/mol. The van der Waals surface area contributed by atoms with Crippen molar-refractivity contribution in [1.82, 2.24) is 20.4 Å². The van der Waals surface area contributed by atoms with Gasteiger partial charge < -0.3 is 15.4 Å². The molecule has 2 aromatic rings. The Bertz CT molecular complexity index is 800. The number of nitrogens with one attached hydrogen (secondary N) is 2. The van der Waals surface area contributed by atoms with Gasteiger partial charge in [0.15, 0.2) is 5.69 Å². The molecular formula is C19H23FN4O3. The topological polar surface area (TPSA) is 85.3 Å². The lowest BCUT2D eigenvalue weighted by Crippen LogP contribution is -2.44. The number of benzene rings is 1. The molecule has 0 radical (unpaired) electrons. The Hall–Kier alpha value is -2.90. The van der Waals surface area contributed by atoms with Gasteiger partial charge >= 0.3 is 12.0 Å². The average molecular weight is 374 g/mol. The van der Waals surface area contributed by atoms with Gasteiger partial charge in [0.1, 0.15) is 17.6 Å². The van der Waals surface area contributed by atoms with E-state index >= 15 is 0 Å². The molecule has 1 aliphatic carbocycles. The van der Waals surface area contributed by atoms with Gasteiger partial charge in [-0.3, -0.25) is 0 Å². The molecule has 144 valence electrons. The summed E-state index contributed by atoms with van der Waals surface area (Å²) >= 11 is 0. The lowest BCUT2D eigenvalue weighted by Gasteiger charge is -2.28. The molecule has 0 saturated heterocycles. The number of amides is 2. The Morgan fingerprint density at radius 2 is 1.96 bits per heavy atom. The van der Waals surface area contributed by atoms with E-state index in [1.165, 1.54) is 23.0 Å². The van der Waals surface area contributed by atoms with Gasteiger partial charge in [0, 0.05) is 18.8 Å². The SMILES string of the molecule is CCNC(=O)NC1CCC(OC(=O)c2ccn(-c3ccccc3F)n2)CC1. The summed E-state index contributed by atoms with van der Waals surface area (Å²) in [6.07, 6.45) is 4.18. The van der Waals surface area contributed by atoms with Crippen LogP contribution in [0.2, 0.25) is 0 Å². The summed E-state index contributed by atoms with van der Waals surface area (Å²) < 4.78 is 20.7. The van der Waals surface area contributed by atoms with Crippen LogP contribution in [0.15, 0.2) is 36.5 Å². The fraction of sp³-hybridized carbons (Fsp3) is 0.421. The number of carbonyl (C=O) groups is 2. The van der Waals surface area contributed by atoms with Crippen LogP contribution in [0.3, 0.4) is 0 Å². The zero-order valence-electron chi connectivity index (χ0n) is 15.2. The number of rotatable bonds is 5. The van der Waals surface area contributed by atoms with Gasteiger partial charge in [-0.15, -0.1) is 0 Å². The predicted octanol–water partition coefficient (Wildman–Crippen LogP) is 2.80. The van der Waals surface area contributed by atoms with Gasteiger partial charge in [-0.05, 0) is 50.8 Å². The molecule has 3 rings (SSSR count). The summed E-state index contributed by atoms with van der Waals surface area (Å²) in [6.45, 7) is 2.45. The Labute approximate surface area is 156 Å². The summed E-state index contributed by atoms with van der Waals surface area (Å²) in [4.78, 5) is 23.9. The Balaban J connectivity index is 1.52. The second-order valence-corrected chi connectivity index (χ2v) is 6.48. The number of halogens is 1. The molecule has 8 heteroatoms. The quantitative estimate of drug-likeness (QED) is 0.788. The maximum absolute atomic E-state index is 13.8. The van der Waals surface area contributed by atoms with Crippen molar-refractivity contribution in [1.29, 1.82) is 0 Å². The highest BCUT2D eigenvalue weighted by atomic mass is 19.1. The van der Waals surface area contributed by atoms with E-state index < -0.39 is 11.8 Å². The number of para-hydroxylation sites is 1. The van der Waals surface area contributed by atoms with Crippen LogP contribution < -0.4 is 10.6 Å². The summed E-state index contributed by atoms with van der Waals surface area (Å²) in [6, 6.07) is 7.64. The van der Waals surface area contributed by atoms with Gasteiger partial charge in [0.05, 0.1) is 0 Å². The van der Waals surface area contributed by atoms with Crippen LogP contribution in [0.4, 0.5) is 9.18 Å². The van der Waals surface area contributed by atoms with E-state index in [1.807, 2.05) is 6.92 Å². The number of hydrogen-bond acceptors (Lipinski definition) is 4. The molecule has 2 amide bonds. The fourth-order valence-corrected chi connectivity index (χ4v) is 3.14. The van der Waals surface area contributed by atoms with E-state index in [1.54, 1.807) is 18.2 Å². The molecule has 1 aromatic heterocycles. The van der Waals surface area contributed by atoms with Crippen molar-refractivity contribution < 1.29 is 18.7 Å². The molecule has 2 N–H and O–H groups in total. The molecule has 0 unspecified atom stereocenters. The van der Waals surface area contributed by atoms with Crippen molar-refractivity contribution in [2.45, 2.75) is 44.8 Å². The monoisotopic (exact) mass is 374 g/mol.